The molecule has 0 spiro atoms. The van der Waals surface area contributed by atoms with Gasteiger partial charge >= 0.3 is 5.97 Å². The quantitative estimate of drug-likeness (QED) is 0.730. The van der Waals surface area contributed by atoms with Crippen molar-refractivity contribution in [2.24, 2.45) is 0 Å². The Hall–Kier alpha value is -2.08. The first-order valence-electron chi connectivity index (χ1n) is 6.38. The van der Waals surface area contributed by atoms with Crippen molar-refractivity contribution in [1.82, 2.24) is 0 Å². The molecule has 108 valence electrons. The van der Waals surface area contributed by atoms with Crippen molar-refractivity contribution in [2.75, 3.05) is 5.32 Å². The van der Waals surface area contributed by atoms with Crippen LogP contribution in [0.15, 0.2) is 12.1 Å². The molecule has 2 rings (SSSR count). The Morgan fingerprint density at radius 2 is 1.85 bits per heavy atom. The van der Waals surface area contributed by atoms with Gasteiger partial charge in [-0.2, -0.15) is 0 Å². The average Bonchev–Trinajstić information content (AvgIpc) is 2.85. The van der Waals surface area contributed by atoms with Gasteiger partial charge in [-0.25, -0.2) is 4.79 Å². The van der Waals surface area contributed by atoms with Crippen LogP contribution in [0.1, 0.15) is 24.0 Å². The molecule has 0 radical (unpaired) electrons. The third-order valence-electron chi connectivity index (χ3n) is 3.39. The second-order valence-corrected chi connectivity index (χ2v) is 4.97. The van der Waals surface area contributed by atoms with E-state index in [1.807, 2.05) is 0 Å². The van der Waals surface area contributed by atoms with Gasteiger partial charge in [-0.3, -0.25) is 4.79 Å². The van der Waals surface area contributed by atoms with Crippen molar-refractivity contribution >= 4 is 17.6 Å². The summed E-state index contributed by atoms with van der Waals surface area (Å²) in [4.78, 5) is 22.8. The SMILES string of the molecule is Cc1cc(NC(=O)C2CCC(C(=O)O)O2)c(C)cc1O. The number of phenols is 1. The Bertz CT molecular complexity index is 555. The zero-order valence-corrected chi connectivity index (χ0v) is 11.3. The number of benzene rings is 1. The van der Waals surface area contributed by atoms with Gasteiger partial charge in [0, 0.05) is 5.69 Å². The normalized spacial score (nSPS) is 21.7. The molecule has 1 aliphatic heterocycles. The van der Waals surface area contributed by atoms with E-state index in [9.17, 15) is 14.7 Å². The summed E-state index contributed by atoms with van der Waals surface area (Å²) in [7, 11) is 0. The lowest BCUT2D eigenvalue weighted by molar-refractivity contribution is -0.150. The molecule has 6 heteroatoms. The summed E-state index contributed by atoms with van der Waals surface area (Å²) in [5.74, 6) is -1.23. The van der Waals surface area contributed by atoms with Crippen LogP contribution in [0.4, 0.5) is 5.69 Å². The van der Waals surface area contributed by atoms with Gasteiger partial charge in [-0.05, 0) is 49.9 Å². The first kappa shape index (κ1) is 14.3. The molecule has 1 aromatic rings. The minimum absolute atomic E-state index is 0.170. The molecule has 2 atom stereocenters. The van der Waals surface area contributed by atoms with Crippen LogP contribution in [-0.4, -0.2) is 34.3 Å². The summed E-state index contributed by atoms with van der Waals surface area (Å²) in [6, 6.07) is 3.24. The third kappa shape index (κ3) is 2.91. The van der Waals surface area contributed by atoms with E-state index >= 15 is 0 Å². The second-order valence-electron chi connectivity index (χ2n) is 4.97. The number of aryl methyl sites for hydroxylation is 2. The van der Waals surface area contributed by atoms with Crippen molar-refractivity contribution in [3.8, 4) is 5.75 Å². The number of amides is 1. The lowest BCUT2D eigenvalue weighted by atomic mass is 10.1. The van der Waals surface area contributed by atoms with Crippen molar-refractivity contribution in [1.29, 1.82) is 0 Å². The number of carbonyl (C=O) groups excluding carboxylic acids is 1. The molecule has 0 saturated carbocycles. The summed E-state index contributed by atoms with van der Waals surface area (Å²) in [5.41, 5.74) is 1.98. The number of aromatic hydroxyl groups is 1. The van der Waals surface area contributed by atoms with Crippen LogP contribution >= 0.6 is 0 Å². The van der Waals surface area contributed by atoms with Crippen molar-refractivity contribution in [3.05, 3.63) is 23.3 Å². The van der Waals surface area contributed by atoms with Crippen LogP contribution in [0, 0.1) is 13.8 Å². The molecule has 0 bridgehead atoms. The van der Waals surface area contributed by atoms with Gasteiger partial charge in [0.25, 0.3) is 5.91 Å². The number of ether oxygens (including phenoxy) is 1. The summed E-state index contributed by atoms with van der Waals surface area (Å²) in [5, 5.41) is 21.1. The summed E-state index contributed by atoms with van der Waals surface area (Å²) in [6.07, 6.45) is -0.932. The Labute approximate surface area is 116 Å². The number of aliphatic carboxylic acids is 1. The van der Waals surface area contributed by atoms with Crippen LogP contribution in [0.5, 0.6) is 5.75 Å². The zero-order valence-electron chi connectivity index (χ0n) is 11.3. The van der Waals surface area contributed by atoms with E-state index < -0.39 is 18.2 Å². The lowest BCUT2D eigenvalue weighted by Crippen LogP contribution is -2.30. The number of hydrogen-bond acceptors (Lipinski definition) is 4. The van der Waals surface area contributed by atoms with E-state index in [1.165, 1.54) is 0 Å². The van der Waals surface area contributed by atoms with Crippen LogP contribution in [-0.2, 0) is 14.3 Å². The van der Waals surface area contributed by atoms with E-state index in [4.69, 9.17) is 9.84 Å². The van der Waals surface area contributed by atoms with Gasteiger partial charge in [0.1, 0.15) is 11.9 Å². The maximum Gasteiger partial charge on any atom is 0.332 e. The number of rotatable bonds is 3. The highest BCUT2D eigenvalue weighted by molar-refractivity contribution is 5.95. The summed E-state index contributed by atoms with van der Waals surface area (Å²) in [6.45, 7) is 3.50. The molecule has 1 aliphatic rings. The molecular formula is C14H17NO5. The highest BCUT2D eigenvalue weighted by Crippen LogP contribution is 2.26. The molecular weight excluding hydrogens is 262 g/mol. The predicted molar refractivity (Wildman–Crippen MR) is 71.7 cm³/mol. The maximum absolute atomic E-state index is 12.0. The molecule has 1 amide bonds. The minimum atomic E-state index is -1.04. The van der Waals surface area contributed by atoms with E-state index in [0.717, 1.165) is 5.56 Å². The van der Waals surface area contributed by atoms with Gasteiger partial charge in [-0.1, -0.05) is 0 Å². The lowest BCUT2D eigenvalue weighted by Gasteiger charge is -2.14. The molecule has 0 aromatic heterocycles. The monoisotopic (exact) mass is 279 g/mol. The fourth-order valence-electron chi connectivity index (χ4n) is 2.16. The fraction of sp³-hybridized carbons (Fsp3) is 0.429. The fourth-order valence-corrected chi connectivity index (χ4v) is 2.16. The Morgan fingerprint density at radius 1 is 1.20 bits per heavy atom. The molecule has 1 aromatic carbocycles. The summed E-state index contributed by atoms with van der Waals surface area (Å²) >= 11 is 0. The number of carboxylic acids is 1. The van der Waals surface area contributed by atoms with Gasteiger partial charge in [0.2, 0.25) is 0 Å². The molecule has 2 unspecified atom stereocenters. The molecule has 1 fully saturated rings. The molecule has 1 saturated heterocycles. The van der Waals surface area contributed by atoms with Crippen molar-refractivity contribution in [2.45, 2.75) is 38.9 Å². The van der Waals surface area contributed by atoms with Gasteiger partial charge < -0.3 is 20.3 Å². The second kappa shape index (κ2) is 5.50. The molecule has 20 heavy (non-hydrogen) atoms. The van der Waals surface area contributed by atoms with E-state index in [2.05, 4.69) is 5.32 Å². The van der Waals surface area contributed by atoms with Crippen molar-refractivity contribution in [3.63, 3.8) is 0 Å². The van der Waals surface area contributed by atoms with Crippen LogP contribution in [0.25, 0.3) is 0 Å². The number of carbonyl (C=O) groups is 2. The number of carboxylic acid groups (broad SMARTS) is 1. The van der Waals surface area contributed by atoms with E-state index in [0.29, 0.717) is 24.1 Å². The van der Waals surface area contributed by atoms with E-state index in [1.54, 1.807) is 26.0 Å². The standard InChI is InChI=1S/C14H17NO5/c1-7-6-10(16)8(2)5-9(7)15-13(17)11-3-4-12(20-11)14(18)19/h5-6,11-12,16H,3-4H2,1-2H3,(H,15,17)(H,18,19). The van der Waals surface area contributed by atoms with Gasteiger partial charge in [-0.15, -0.1) is 0 Å². The number of phenolic OH excluding ortho intramolecular Hbond substituents is 1. The third-order valence-corrected chi connectivity index (χ3v) is 3.39. The molecule has 3 N–H and O–H groups in total. The van der Waals surface area contributed by atoms with E-state index in [-0.39, 0.29) is 11.7 Å². The molecule has 0 aliphatic carbocycles. The number of anilines is 1. The van der Waals surface area contributed by atoms with Gasteiger partial charge in [0.15, 0.2) is 6.10 Å². The van der Waals surface area contributed by atoms with Crippen LogP contribution in [0.3, 0.4) is 0 Å². The van der Waals surface area contributed by atoms with Crippen LogP contribution < -0.4 is 5.32 Å². The highest BCUT2D eigenvalue weighted by atomic mass is 16.5. The average molecular weight is 279 g/mol. The zero-order chi connectivity index (χ0) is 14.9. The first-order chi connectivity index (χ1) is 9.38. The highest BCUT2D eigenvalue weighted by Gasteiger charge is 2.34. The smallest absolute Gasteiger partial charge is 0.332 e. The topological polar surface area (TPSA) is 95.9 Å². The number of nitrogens with one attached hydrogen (secondary N) is 1. The Kier molecular flexibility index (Phi) is 3.94. The largest absolute Gasteiger partial charge is 0.508 e. The van der Waals surface area contributed by atoms with Gasteiger partial charge in [0.05, 0.1) is 0 Å². The minimum Gasteiger partial charge on any atom is -0.508 e. The molecule has 6 nitrogen and oxygen atoms in total. The number of hydrogen-bond donors (Lipinski definition) is 3. The Balaban J connectivity index is 2.06. The Morgan fingerprint density at radius 3 is 2.45 bits per heavy atom. The van der Waals surface area contributed by atoms with Crippen molar-refractivity contribution < 1.29 is 24.5 Å². The van der Waals surface area contributed by atoms with Crippen LogP contribution in [0.2, 0.25) is 0 Å². The summed E-state index contributed by atoms with van der Waals surface area (Å²) < 4.78 is 5.19. The predicted octanol–water partition coefficient (Wildman–Crippen LogP) is 1.58. The first-order valence-corrected chi connectivity index (χ1v) is 6.38. The maximum atomic E-state index is 12.0. The molecule has 1 heterocycles.